The molecule has 2 aromatic heterocycles. The Balaban J connectivity index is 0.000000412. The number of nitrogens with two attached hydrogens (primary N) is 1. The molecule has 0 spiro atoms. The van der Waals surface area contributed by atoms with Gasteiger partial charge < -0.3 is 25.4 Å². The molecule has 1 aliphatic carbocycles. The molecule has 1 aromatic carbocycles. The van der Waals surface area contributed by atoms with E-state index in [2.05, 4.69) is 36.3 Å². The van der Waals surface area contributed by atoms with Gasteiger partial charge in [-0.1, -0.05) is 43.3 Å². The predicted molar refractivity (Wildman–Crippen MR) is 147 cm³/mol. The first-order valence-corrected chi connectivity index (χ1v) is 13.7. The van der Waals surface area contributed by atoms with Gasteiger partial charge >= 0.3 is 0 Å². The first kappa shape index (κ1) is 26.1. The second-order valence-corrected chi connectivity index (χ2v) is 11.1. The highest BCUT2D eigenvalue weighted by Gasteiger charge is 2.52. The standard InChI is InChI=1S/C23H36N6O2.C6H6/c1-16-5-9-28(13-16)18-12-17(2)20-26-21(27-29(20)14-18)23(30-3)6-4-19(23)25-15-22(24)7-10-31-11-8-22;1-2-4-6-5-3-1/h12,14,16,19,25H,4-11,13,15,24H2,1-3H3;1-6H. The van der Waals surface area contributed by atoms with E-state index in [0.29, 0.717) is 0 Å². The molecule has 8 heteroatoms. The number of fused-ring (bicyclic) bond motifs is 1. The van der Waals surface area contributed by atoms with E-state index in [4.69, 9.17) is 25.3 Å². The average Bonchev–Trinajstić information content (AvgIpc) is 3.53. The number of hydrogen-bond acceptors (Lipinski definition) is 7. The Bertz CT molecular complexity index is 1130. The van der Waals surface area contributed by atoms with E-state index in [0.717, 1.165) is 81.5 Å². The summed E-state index contributed by atoms with van der Waals surface area (Å²) >= 11 is 0. The fourth-order valence-corrected chi connectivity index (χ4v) is 5.74. The highest BCUT2D eigenvalue weighted by Crippen LogP contribution is 2.43. The third-order valence-electron chi connectivity index (χ3n) is 8.36. The number of ether oxygens (including phenoxy) is 2. The minimum atomic E-state index is -0.498. The summed E-state index contributed by atoms with van der Waals surface area (Å²) in [5, 5.41) is 8.60. The van der Waals surface area contributed by atoms with Gasteiger partial charge in [0.2, 0.25) is 0 Å². The number of aromatic nitrogens is 3. The maximum absolute atomic E-state index is 6.60. The molecule has 3 aromatic rings. The van der Waals surface area contributed by atoms with Crippen LogP contribution in [0.2, 0.25) is 0 Å². The van der Waals surface area contributed by atoms with Crippen LogP contribution in [0.15, 0.2) is 48.7 Å². The van der Waals surface area contributed by atoms with E-state index in [1.807, 2.05) is 40.9 Å². The molecule has 3 fully saturated rings. The van der Waals surface area contributed by atoms with E-state index in [1.54, 1.807) is 7.11 Å². The quantitative estimate of drug-likeness (QED) is 0.527. The van der Waals surface area contributed by atoms with Crippen LogP contribution < -0.4 is 16.0 Å². The van der Waals surface area contributed by atoms with Gasteiger partial charge in [-0.3, -0.25) is 0 Å². The van der Waals surface area contributed by atoms with Crippen molar-refractivity contribution in [2.45, 2.75) is 63.1 Å². The fourth-order valence-electron chi connectivity index (χ4n) is 5.74. The van der Waals surface area contributed by atoms with Crippen molar-refractivity contribution in [3.63, 3.8) is 0 Å². The number of nitrogens with zero attached hydrogens (tertiary/aromatic N) is 4. The molecule has 0 radical (unpaired) electrons. The third-order valence-corrected chi connectivity index (χ3v) is 8.36. The normalized spacial score (nSPS) is 27.0. The van der Waals surface area contributed by atoms with Crippen molar-refractivity contribution in [2.75, 3.05) is 44.9 Å². The van der Waals surface area contributed by atoms with Crippen molar-refractivity contribution in [3.8, 4) is 0 Å². The SMILES string of the molecule is COC1(c2nc3c(C)cc(N4CCC(C)C4)cn3n2)CCC1NCC1(N)CCOCC1.c1ccccc1. The van der Waals surface area contributed by atoms with Gasteiger partial charge in [-0.05, 0) is 56.6 Å². The van der Waals surface area contributed by atoms with Gasteiger partial charge in [0.25, 0.3) is 0 Å². The van der Waals surface area contributed by atoms with Crippen LogP contribution in [0.1, 0.15) is 50.4 Å². The summed E-state index contributed by atoms with van der Waals surface area (Å²) in [6, 6.07) is 14.4. The smallest absolute Gasteiger partial charge is 0.185 e. The topological polar surface area (TPSA) is 89.9 Å². The van der Waals surface area contributed by atoms with Gasteiger partial charge in [0.1, 0.15) is 5.60 Å². The van der Waals surface area contributed by atoms with Crippen molar-refractivity contribution < 1.29 is 9.47 Å². The molecule has 0 amide bonds. The van der Waals surface area contributed by atoms with Gasteiger partial charge in [-0.2, -0.15) is 0 Å². The van der Waals surface area contributed by atoms with Crippen LogP contribution in [0.5, 0.6) is 0 Å². The van der Waals surface area contributed by atoms with Crippen LogP contribution in [0, 0.1) is 12.8 Å². The molecule has 2 aliphatic heterocycles. The molecule has 1 saturated carbocycles. The minimum absolute atomic E-state index is 0.164. The van der Waals surface area contributed by atoms with Gasteiger partial charge in [0.15, 0.2) is 11.5 Å². The Kier molecular flexibility index (Phi) is 7.81. The molecule has 3 unspecified atom stereocenters. The van der Waals surface area contributed by atoms with Crippen molar-refractivity contribution in [3.05, 3.63) is 60.0 Å². The van der Waals surface area contributed by atoms with Crippen LogP contribution in [0.25, 0.3) is 5.65 Å². The third kappa shape index (κ3) is 5.53. The molecular formula is C29H42N6O2. The largest absolute Gasteiger partial charge is 0.381 e. The number of rotatable bonds is 6. The van der Waals surface area contributed by atoms with Gasteiger partial charge in [-0.25, -0.2) is 9.50 Å². The zero-order valence-corrected chi connectivity index (χ0v) is 22.5. The van der Waals surface area contributed by atoms with E-state index in [-0.39, 0.29) is 11.6 Å². The molecule has 3 aliphatic rings. The molecule has 200 valence electrons. The average molecular weight is 507 g/mol. The van der Waals surface area contributed by atoms with Crippen LogP contribution in [-0.4, -0.2) is 66.1 Å². The lowest BCUT2D eigenvalue weighted by atomic mass is 9.73. The summed E-state index contributed by atoms with van der Waals surface area (Å²) in [4.78, 5) is 7.39. The highest BCUT2D eigenvalue weighted by molar-refractivity contribution is 5.57. The van der Waals surface area contributed by atoms with E-state index < -0.39 is 5.60 Å². The van der Waals surface area contributed by atoms with Gasteiger partial charge in [0, 0.05) is 51.5 Å². The number of pyridine rings is 1. The maximum atomic E-state index is 6.60. The van der Waals surface area contributed by atoms with Crippen molar-refractivity contribution in [2.24, 2.45) is 11.7 Å². The van der Waals surface area contributed by atoms with E-state index in [1.165, 1.54) is 12.1 Å². The summed E-state index contributed by atoms with van der Waals surface area (Å²) in [5.41, 5.74) is 9.18. The summed E-state index contributed by atoms with van der Waals surface area (Å²) < 4.78 is 13.5. The molecule has 6 rings (SSSR count). The van der Waals surface area contributed by atoms with Crippen LogP contribution >= 0.6 is 0 Å². The Morgan fingerprint density at radius 1 is 1.11 bits per heavy atom. The molecule has 8 nitrogen and oxygen atoms in total. The van der Waals surface area contributed by atoms with Crippen molar-refractivity contribution >= 4 is 11.3 Å². The Hall–Kier alpha value is -2.52. The van der Waals surface area contributed by atoms with Crippen molar-refractivity contribution in [1.29, 1.82) is 0 Å². The van der Waals surface area contributed by atoms with Gasteiger partial charge in [0.05, 0.1) is 11.9 Å². The molecule has 3 N–H and O–H groups in total. The molecule has 2 saturated heterocycles. The zero-order valence-electron chi connectivity index (χ0n) is 22.5. The summed E-state index contributed by atoms with van der Waals surface area (Å²) in [6.07, 6.45) is 7.08. The molecule has 0 bridgehead atoms. The summed E-state index contributed by atoms with van der Waals surface area (Å²) in [6.45, 7) is 8.88. The minimum Gasteiger partial charge on any atom is -0.381 e. The lowest BCUT2D eigenvalue weighted by Gasteiger charge is -2.48. The molecule has 3 atom stereocenters. The highest BCUT2D eigenvalue weighted by atomic mass is 16.5. The van der Waals surface area contributed by atoms with Crippen molar-refractivity contribution in [1.82, 2.24) is 19.9 Å². The number of hydrogen-bond donors (Lipinski definition) is 2. The lowest BCUT2D eigenvalue weighted by molar-refractivity contribution is -0.116. The first-order valence-electron chi connectivity index (χ1n) is 13.7. The van der Waals surface area contributed by atoms with E-state index >= 15 is 0 Å². The number of nitrogens with one attached hydrogen (secondary N) is 1. The Morgan fingerprint density at radius 3 is 2.38 bits per heavy atom. The zero-order chi connectivity index (χ0) is 25.9. The Labute approximate surface area is 220 Å². The van der Waals surface area contributed by atoms with Gasteiger partial charge in [-0.15, -0.1) is 5.10 Å². The molecule has 37 heavy (non-hydrogen) atoms. The monoisotopic (exact) mass is 506 g/mol. The lowest BCUT2D eigenvalue weighted by Crippen LogP contribution is -2.62. The summed E-state index contributed by atoms with van der Waals surface area (Å²) in [5.74, 6) is 1.51. The fraction of sp³-hybridized carbons (Fsp3) is 0.586. The van der Waals surface area contributed by atoms with Crippen LogP contribution in [0.3, 0.4) is 0 Å². The number of aryl methyl sites for hydroxylation is 1. The number of benzene rings is 1. The molecular weight excluding hydrogens is 464 g/mol. The number of methoxy groups -OCH3 is 1. The summed E-state index contributed by atoms with van der Waals surface area (Å²) in [7, 11) is 1.77. The first-order chi connectivity index (χ1) is 17.9. The Morgan fingerprint density at radius 2 is 1.81 bits per heavy atom. The maximum Gasteiger partial charge on any atom is 0.185 e. The predicted octanol–water partition coefficient (Wildman–Crippen LogP) is 3.67. The second kappa shape index (κ2) is 11.1. The van der Waals surface area contributed by atoms with Crippen LogP contribution in [-0.2, 0) is 15.1 Å². The number of anilines is 1. The van der Waals surface area contributed by atoms with Crippen LogP contribution in [0.4, 0.5) is 5.69 Å². The molecule has 4 heterocycles. The van der Waals surface area contributed by atoms with E-state index in [9.17, 15) is 0 Å². The second-order valence-electron chi connectivity index (χ2n) is 11.1.